The molecule has 0 bridgehead atoms. The molecule has 1 fully saturated rings. The van der Waals surface area contributed by atoms with Crippen molar-refractivity contribution in [2.24, 2.45) is 0 Å². The van der Waals surface area contributed by atoms with Gasteiger partial charge < -0.3 is 19.9 Å². The quantitative estimate of drug-likeness (QED) is 0.846. The van der Waals surface area contributed by atoms with Crippen LogP contribution in [-0.4, -0.2) is 62.6 Å². The number of benzene rings is 1. The molecule has 1 aromatic rings. The summed E-state index contributed by atoms with van der Waals surface area (Å²) in [5.41, 5.74) is 2.28. The van der Waals surface area contributed by atoms with Crippen LogP contribution in [0.1, 0.15) is 11.1 Å². The normalized spacial score (nSPS) is 26.2. The second-order valence-corrected chi connectivity index (χ2v) is 5.76. The van der Waals surface area contributed by atoms with Crippen molar-refractivity contribution < 1.29 is 14.6 Å². The highest BCUT2D eigenvalue weighted by Gasteiger charge is 2.35. The molecule has 5 heteroatoms. The summed E-state index contributed by atoms with van der Waals surface area (Å²) in [6, 6.07) is 4.06. The van der Waals surface area contributed by atoms with Crippen LogP contribution in [0.4, 0.5) is 0 Å². The molecule has 0 spiro atoms. The molecule has 0 aromatic heterocycles. The number of rotatable bonds is 3. The fourth-order valence-electron chi connectivity index (χ4n) is 3.56. The smallest absolute Gasteiger partial charge is 0.122 e. The first-order valence-electron chi connectivity index (χ1n) is 7.60. The fourth-order valence-corrected chi connectivity index (χ4v) is 3.56. The Labute approximate surface area is 125 Å². The molecule has 1 heterocycles. The summed E-state index contributed by atoms with van der Waals surface area (Å²) in [7, 11) is 3.38. The van der Waals surface area contributed by atoms with Gasteiger partial charge in [0.05, 0.1) is 20.3 Å². The van der Waals surface area contributed by atoms with Crippen LogP contribution in [-0.2, 0) is 12.8 Å². The first kappa shape index (κ1) is 14.6. The van der Waals surface area contributed by atoms with E-state index < -0.39 is 0 Å². The van der Waals surface area contributed by atoms with Gasteiger partial charge in [-0.25, -0.2) is 0 Å². The number of ether oxygens (including phenoxy) is 2. The lowest BCUT2D eigenvalue weighted by Crippen LogP contribution is -2.55. The monoisotopic (exact) mass is 292 g/mol. The first-order chi connectivity index (χ1) is 10.2. The Balaban J connectivity index is 1.91. The standard InChI is InChI=1S/C16H24N2O3/c1-20-15-3-4-16(21-2)12-10-14(19)13(9-11(12)15)18-7-5-17-6-8-18/h3-4,13-14,17,19H,5-10H2,1-2H3. The summed E-state index contributed by atoms with van der Waals surface area (Å²) < 4.78 is 11.0. The van der Waals surface area contributed by atoms with Gasteiger partial charge in [0.15, 0.2) is 0 Å². The van der Waals surface area contributed by atoms with Gasteiger partial charge in [-0.15, -0.1) is 0 Å². The molecule has 2 aliphatic rings. The zero-order valence-electron chi connectivity index (χ0n) is 12.8. The highest BCUT2D eigenvalue weighted by Crippen LogP contribution is 2.37. The van der Waals surface area contributed by atoms with Crippen LogP contribution in [0.5, 0.6) is 11.5 Å². The molecule has 3 rings (SSSR count). The van der Waals surface area contributed by atoms with Crippen LogP contribution in [0.15, 0.2) is 12.1 Å². The number of nitrogens with zero attached hydrogens (tertiary/aromatic N) is 1. The molecule has 2 N–H and O–H groups in total. The van der Waals surface area contributed by atoms with Crippen LogP contribution in [0, 0.1) is 0 Å². The van der Waals surface area contributed by atoms with Crippen molar-refractivity contribution in [2.75, 3.05) is 40.4 Å². The van der Waals surface area contributed by atoms with Gasteiger partial charge in [-0.2, -0.15) is 0 Å². The largest absolute Gasteiger partial charge is 0.496 e. The minimum absolute atomic E-state index is 0.167. The Morgan fingerprint density at radius 2 is 1.62 bits per heavy atom. The number of methoxy groups -OCH3 is 2. The van der Waals surface area contributed by atoms with Crippen molar-refractivity contribution in [1.82, 2.24) is 10.2 Å². The van der Waals surface area contributed by atoms with E-state index in [0.29, 0.717) is 6.42 Å². The molecular formula is C16H24N2O3. The maximum atomic E-state index is 10.6. The van der Waals surface area contributed by atoms with E-state index in [0.717, 1.165) is 49.7 Å². The van der Waals surface area contributed by atoms with Crippen molar-refractivity contribution in [3.63, 3.8) is 0 Å². The third-order valence-electron chi connectivity index (χ3n) is 4.68. The molecule has 0 radical (unpaired) electrons. The van der Waals surface area contributed by atoms with E-state index in [2.05, 4.69) is 10.2 Å². The minimum atomic E-state index is -0.350. The molecule has 0 saturated carbocycles. The zero-order valence-corrected chi connectivity index (χ0v) is 12.8. The summed E-state index contributed by atoms with van der Waals surface area (Å²) in [5.74, 6) is 1.75. The van der Waals surface area contributed by atoms with E-state index in [1.807, 2.05) is 12.1 Å². The topological polar surface area (TPSA) is 54.0 Å². The maximum Gasteiger partial charge on any atom is 0.122 e. The van der Waals surface area contributed by atoms with Crippen molar-refractivity contribution in [2.45, 2.75) is 25.0 Å². The number of aliphatic hydroxyl groups is 1. The number of aliphatic hydroxyl groups excluding tert-OH is 1. The highest BCUT2D eigenvalue weighted by molar-refractivity contribution is 5.51. The fraction of sp³-hybridized carbons (Fsp3) is 0.625. The average Bonchev–Trinajstić information content (AvgIpc) is 2.54. The number of nitrogens with one attached hydrogen (secondary N) is 1. The molecule has 1 aromatic carbocycles. The van der Waals surface area contributed by atoms with Gasteiger partial charge in [0.25, 0.3) is 0 Å². The molecule has 2 atom stereocenters. The van der Waals surface area contributed by atoms with E-state index in [9.17, 15) is 5.11 Å². The highest BCUT2D eigenvalue weighted by atomic mass is 16.5. The SMILES string of the molecule is COc1ccc(OC)c2c1CC(O)C(N1CCNCC1)C2. The van der Waals surface area contributed by atoms with E-state index in [4.69, 9.17) is 9.47 Å². The molecule has 1 aliphatic carbocycles. The van der Waals surface area contributed by atoms with Crippen molar-refractivity contribution in [3.05, 3.63) is 23.3 Å². The van der Waals surface area contributed by atoms with E-state index in [-0.39, 0.29) is 12.1 Å². The molecular weight excluding hydrogens is 268 g/mol. The van der Waals surface area contributed by atoms with Gasteiger partial charge in [0.1, 0.15) is 11.5 Å². The van der Waals surface area contributed by atoms with Crippen LogP contribution >= 0.6 is 0 Å². The number of piperazine rings is 1. The third kappa shape index (κ3) is 2.73. The third-order valence-corrected chi connectivity index (χ3v) is 4.68. The zero-order chi connectivity index (χ0) is 14.8. The van der Waals surface area contributed by atoms with Crippen molar-refractivity contribution in [3.8, 4) is 11.5 Å². The Hall–Kier alpha value is -1.30. The molecule has 1 saturated heterocycles. The number of hydrogen-bond donors (Lipinski definition) is 2. The van der Waals surface area contributed by atoms with E-state index in [1.54, 1.807) is 14.2 Å². The molecule has 2 unspecified atom stereocenters. The molecule has 1 aliphatic heterocycles. The van der Waals surface area contributed by atoms with Crippen molar-refractivity contribution in [1.29, 1.82) is 0 Å². The lowest BCUT2D eigenvalue weighted by atomic mass is 9.84. The summed E-state index contributed by atoms with van der Waals surface area (Å²) in [6.07, 6.45) is 1.10. The summed E-state index contributed by atoms with van der Waals surface area (Å²) in [5, 5.41) is 14.0. The molecule has 116 valence electrons. The average molecular weight is 292 g/mol. The lowest BCUT2D eigenvalue weighted by Gasteiger charge is -2.41. The minimum Gasteiger partial charge on any atom is -0.496 e. The predicted octanol–water partition coefficient (Wildman–Crippen LogP) is 0.437. The van der Waals surface area contributed by atoms with Gasteiger partial charge in [0, 0.05) is 49.8 Å². The van der Waals surface area contributed by atoms with Gasteiger partial charge in [-0.3, -0.25) is 4.90 Å². The Kier molecular flexibility index (Phi) is 4.33. The second kappa shape index (κ2) is 6.22. The number of fused-ring (bicyclic) bond motifs is 1. The van der Waals surface area contributed by atoms with Crippen LogP contribution in [0.3, 0.4) is 0 Å². The summed E-state index contributed by atoms with van der Waals surface area (Å²) >= 11 is 0. The Morgan fingerprint density at radius 3 is 2.19 bits per heavy atom. The van der Waals surface area contributed by atoms with Gasteiger partial charge in [0.2, 0.25) is 0 Å². The Morgan fingerprint density at radius 1 is 1.05 bits per heavy atom. The first-order valence-corrected chi connectivity index (χ1v) is 7.60. The van der Waals surface area contributed by atoms with Crippen LogP contribution < -0.4 is 14.8 Å². The summed E-state index contributed by atoms with van der Waals surface area (Å²) in [6.45, 7) is 3.96. The molecule has 21 heavy (non-hydrogen) atoms. The van der Waals surface area contributed by atoms with E-state index in [1.165, 1.54) is 5.56 Å². The van der Waals surface area contributed by atoms with E-state index >= 15 is 0 Å². The van der Waals surface area contributed by atoms with Crippen LogP contribution in [0.2, 0.25) is 0 Å². The summed E-state index contributed by atoms with van der Waals surface area (Å²) in [4.78, 5) is 2.39. The maximum absolute atomic E-state index is 10.6. The molecule has 5 nitrogen and oxygen atoms in total. The second-order valence-electron chi connectivity index (χ2n) is 5.76. The lowest BCUT2D eigenvalue weighted by molar-refractivity contribution is 0.0352. The Bertz CT molecular complexity index is 501. The van der Waals surface area contributed by atoms with Crippen molar-refractivity contribution >= 4 is 0 Å². The predicted molar refractivity (Wildman–Crippen MR) is 81.2 cm³/mol. The van der Waals surface area contributed by atoms with Gasteiger partial charge in [-0.05, 0) is 18.6 Å². The van der Waals surface area contributed by atoms with Gasteiger partial charge in [-0.1, -0.05) is 0 Å². The van der Waals surface area contributed by atoms with Gasteiger partial charge >= 0.3 is 0 Å². The number of hydrogen-bond acceptors (Lipinski definition) is 5. The molecule has 0 amide bonds. The van der Waals surface area contributed by atoms with Crippen LogP contribution in [0.25, 0.3) is 0 Å².